The van der Waals surface area contributed by atoms with Crippen molar-refractivity contribution in [3.63, 3.8) is 0 Å². The number of amides is 1. The Bertz CT molecular complexity index is 1070. The molecule has 5 heteroatoms. The molecule has 1 aliphatic heterocycles. The van der Waals surface area contributed by atoms with Crippen molar-refractivity contribution < 1.29 is 9.53 Å². The van der Waals surface area contributed by atoms with Gasteiger partial charge in [-0.2, -0.15) is 5.26 Å². The summed E-state index contributed by atoms with van der Waals surface area (Å²) in [6.45, 7) is 3.01. The topological polar surface area (TPSA) is 69.1 Å². The van der Waals surface area contributed by atoms with Crippen molar-refractivity contribution in [3.05, 3.63) is 71.9 Å². The Morgan fingerprint density at radius 2 is 2.00 bits per heavy atom. The zero-order chi connectivity index (χ0) is 19.5. The van der Waals surface area contributed by atoms with Gasteiger partial charge >= 0.3 is 0 Å². The summed E-state index contributed by atoms with van der Waals surface area (Å²) in [6, 6.07) is 17.1. The largest absolute Gasteiger partial charge is 0.481 e. The number of ether oxygens (including phenoxy) is 1. The molecule has 3 aromatic rings. The molecule has 140 valence electrons. The summed E-state index contributed by atoms with van der Waals surface area (Å²) in [4.78, 5) is 17.9. The molecule has 2 heterocycles. The molecule has 4 rings (SSSR count). The third-order valence-electron chi connectivity index (χ3n) is 5.10. The molecule has 5 nitrogen and oxygen atoms in total. The van der Waals surface area contributed by atoms with E-state index in [-0.39, 0.29) is 5.91 Å². The Morgan fingerprint density at radius 1 is 1.21 bits per heavy atom. The van der Waals surface area contributed by atoms with Crippen LogP contribution >= 0.6 is 0 Å². The highest BCUT2D eigenvalue weighted by molar-refractivity contribution is 5.93. The maximum Gasteiger partial charge on any atom is 0.263 e. The van der Waals surface area contributed by atoms with Crippen LogP contribution in [0.1, 0.15) is 24.5 Å². The van der Waals surface area contributed by atoms with E-state index >= 15 is 0 Å². The average molecular weight is 371 g/mol. The van der Waals surface area contributed by atoms with E-state index in [1.54, 1.807) is 31.2 Å². The summed E-state index contributed by atoms with van der Waals surface area (Å²) in [5.74, 6) is 0.561. The number of nitrogens with zero attached hydrogens (tertiary/aromatic N) is 2. The smallest absolute Gasteiger partial charge is 0.263 e. The number of nitrogens with one attached hydrogen (secondary N) is 1. The lowest BCUT2D eigenvalue weighted by Gasteiger charge is -2.29. The highest BCUT2D eigenvalue weighted by atomic mass is 16.5. The predicted molar refractivity (Wildman–Crippen MR) is 109 cm³/mol. The van der Waals surface area contributed by atoms with Crippen LogP contribution in [0.15, 0.2) is 60.8 Å². The first kappa shape index (κ1) is 17.9. The van der Waals surface area contributed by atoms with E-state index < -0.39 is 6.10 Å². The first-order valence-corrected chi connectivity index (χ1v) is 9.37. The number of carbonyl (C=O) groups excluding carboxylic acids is 1. The van der Waals surface area contributed by atoms with E-state index in [0.29, 0.717) is 24.4 Å². The lowest BCUT2D eigenvalue weighted by Crippen LogP contribution is -2.42. The number of para-hydroxylation sites is 1. The minimum absolute atomic E-state index is 0.0291. The van der Waals surface area contributed by atoms with Crippen molar-refractivity contribution in [1.29, 1.82) is 5.26 Å². The summed E-state index contributed by atoms with van der Waals surface area (Å²) in [5, 5.41) is 10.1. The van der Waals surface area contributed by atoms with Gasteiger partial charge in [0.2, 0.25) is 0 Å². The van der Waals surface area contributed by atoms with Gasteiger partial charge in [0.05, 0.1) is 11.6 Å². The van der Waals surface area contributed by atoms with Gasteiger partial charge in [0, 0.05) is 35.8 Å². The molecule has 1 amide bonds. The molecule has 0 saturated heterocycles. The fraction of sp³-hybridized carbons (Fsp3) is 0.217. The normalized spacial score (nSPS) is 15.0. The van der Waals surface area contributed by atoms with Crippen molar-refractivity contribution in [2.24, 2.45) is 0 Å². The molecular formula is C23H21N3O2. The molecule has 0 fully saturated rings. The summed E-state index contributed by atoms with van der Waals surface area (Å²) in [5.41, 5.74) is 4.17. The van der Waals surface area contributed by atoms with Gasteiger partial charge in [-0.1, -0.05) is 24.3 Å². The minimum atomic E-state index is -0.573. The van der Waals surface area contributed by atoms with Gasteiger partial charge in [-0.25, -0.2) is 0 Å². The van der Waals surface area contributed by atoms with Crippen LogP contribution in [0.2, 0.25) is 0 Å². The number of benzene rings is 2. The maximum atomic E-state index is 12.7. The molecule has 28 heavy (non-hydrogen) atoms. The highest BCUT2D eigenvalue weighted by Gasteiger charge is 2.24. The van der Waals surface area contributed by atoms with Gasteiger partial charge in [-0.05, 0) is 49.2 Å². The van der Waals surface area contributed by atoms with Crippen molar-refractivity contribution in [2.75, 3.05) is 13.1 Å². The molecule has 1 atom stereocenters. The number of fused-ring (bicyclic) bond motifs is 1. The van der Waals surface area contributed by atoms with Crippen LogP contribution in [-0.4, -0.2) is 35.0 Å². The third kappa shape index (κ3) is 3.49. The van der Waals surface area contributed by atoms with Crippen LogP contribution in [0.5, 0.6) is 5.75 Å². The summed E-state index contributed by atoms with van der Waals surface area (Å²) in [6.07, 6.45) is 4.42. The number of aromatic nitrogens is 1. The molecule has 0 saturated carbocycles. The van der Waals surface area contributed by atoms with E-state index in [2.05, 4.69) is 29.3 Å². The Kier molecular flexibility index (Phi) is 4.86. The summed E-state index contributed by atoms with van der Waals surface area (Å²) in [7, 11) is 0. The fourth-order valence-electron chi connectivity index (χ4n) is 3.57. The van der Waals surface area contributed by atoms with E-state index in [1.165, 1.54) is 16.5 Å². The fourth-order valence-corrected chi connectivity index (χ4v) is 3.57. The van der Waals surface area contributed by atoms with Gasteiger partial charge in [-0.15, -0.1) is 0 Å². The van der Waals surface area contributed by atoms with Gasteiger partial charge in [-0.3, -0.25) is 4.79 Å². The number of rotatable bonds is 4. The monoisotopic (exact) mass is 371 g/mol. The molecule has 0 spiro atoms. The summed E-state index contributed by atoms with van der Waals surface area (Å²) >= 11 is 0. The molecule has 0 aliphatic carbocycles. The summed E-state index contributed by atoms with van der Waals surface area (Å²) < 4.78 is 5.76. The number of aromatic amines is 1. The zero-order valence-electron chi connectivity index (χ0n) is 15.7. The second kappa shape index (κ2) is 7.61. The number of hydrogen-bond donors (Lipinski definition) is 1. The lowest BCUT2D eigenvalue weighted by atomic mass is 9.99. The van der Waals surface area contributed by atoms with Gasteiger partial charge in [0.15, 0.2) is 6.10 Å². The maximum absolute atomic E-state index is 12.7. The highest BCUT2D eigenvalue weighted by Crippen LogP contribution is 2.29. The SMILES string of the molecule is CC(Oc1ccc(C#N)cc1)C(=O)N1CC=C(c2c[nH]c3ccccc23)CC1. The Balaban J connectivity index is 1.42. The Hall–Kier alpha value is -3.52. The predicted octanol–water partition coefficient (Wildman–Crippen LogP) is 4.12. The molecule has 1 N–H and O–H groups in total. The van der Waals surface area contributed by atoms with E-state index in [9.17, 15) is 4.79 Å². The second-order valence-electron chi connectivity index (χ2n) is 6.91. The van der Waals surface area contributed by atoms with E-state index in [4.69, 9.17) is 10.00 Å². The van der Waals surface area contributed by atoms with E-state index in [1.807, 2.05) is 23.2 Å². The third-order valence-corrected chi connectivity index (χ3v) is 5.10. The van der Waals surface area contributed by atoms with Crippen LogP contribution in [0.25, 0.3) is 16.5 Å². The van der Waals surface area contributed by atoms with Gasteiger partial charge < -0.3 is 14.6 Å². The molecular weight excluding hydrogens is 350 g/mol. The van der Waals surface area contributed by atoms with Crippen LogP contribution in [0.3, 0.4) is 0 Å². The Morgan fingerprint density at radius 3 is 2.71 bits per heavy atom. The molecule has 1 aliphatic rings. The number of nitriles is 1. The van der Waals surface area contributed by atoms with Crippen LogP contribution in [-0.2, 0) is 4.79 Å². The number of H-pyrrole nitrogens is 1. The van der Waals surface area contributed by atoms with Crippen molar-refractivity contribution in [1.82, 2.24) is 9.88 Å². The van der Waals surface area contributed by atoms with Gasteiger partial charge in [0.25, 0.3) is 5.91 Å². The van der Waals surface area contributed by atoms with Gasteiger partial charge in [0.1, 0.15) is 5.75 Å². The lowest BCUT2D eigenvalue weighted by molar-refractivity contribution is -0.137. The number of carbonyl (C=O) groups is 1. The first-order valence-electron chi connectivity index (χ1n) is 9.37. The van der Waals surface area contributed by atoms with Crippen LogP contribution in [0, 0.1) is 11.3 Å². The molecule has 0 radical (unpaired) electrons. The Labute approximate surface area is 163 Å². The molecule has 1 unspecified atom stereocenters. The minimum Gasteiger partial charge on any atom is -0.481 e. The molecule has 2 aromatic carbocycles. The molecule has 1 aromatic heterocycles. The zero-order valence-corrected chi connectivity index (χ0v) is 15.7. The van der Waals surface area contributed by atoms with Crippen LogP contribution in [0.4, 0.5) is 0 Å². The standard InChI is InChI=1S/C23H21N3O2/c1-16(28-19-8-6-17(14-24)7-9-19)23(27)26-12-10-18(11-13-26)21-15-25-22-5-3-2-4-20(21)22/h2-10,15-16,25H,11-13H2,1H3. The second-order valence-corrected chi connectivity index (χ2v) is 6.91. The van der Waals surface area contributed by atoms with E-state index in [0.717, 1.165) is 11.9 Å². The average Bonchev–Trinajstić information content (AvgIpc) is 3.18. The first-order chi connectivity index (χ1) is 13.7. The molecule has 0 bridgehead atoms. The van der Waals surface area contributed by atoms with Crippen molar-refractivity contribution >= 4 is 22.4 Å². The quantitative estimate of drug-likeness (QED) is 0.750. The van der Waals surface area contributed by atoms with Crippen molar-refractivity contribution in [3.8, 4) is 11.8 Å². The van der Waals surface area contributed by atoms with Crippen molar-refractivity contribution in [2.45, 2.75) is 19.4 Å². The number of hydrogen-bond acceptors (Lipinski definition) is 3. The van der Waals surface area contributed by atoms with Crippen LogP contribution < -0.4 is 4.74 Å².